The molecule has 18 heavy (non-hydrogen) atoms. The third-order valence-electron chi connectivity index (χ3n) is 2.16. The highest BCUT2D eigenvalue weighted by atomic mass is 79.9. The zero-order valence-electron chi connectivity index (χ0n) is 10.9. The molecule has 0 aliphatic rings. The van der Waals surface area contributed by atoms with Crippen LogP contribution in [0.1, 0.15) is 39.3 Å². The maximum atomic E-state index is 11.6. The molecule has 3 nitrogen and oxygen atoms in total. The minimum Gasteiger partial charge on any atom is -0.444 e. The first-order valence-corrected chi connectivity index (χ1v) is 6.80. The molecule has 0 spiro atoms. The Bertz CT molecular complexity index is 443. The highest BCUT2D eigenvalue weighted by Gasteiger charge is 2.19. The maximum Gasteiger partial charge on any atom is 0.408 e. The van der Waals surface area contributed by atoms with Gasteiger partial charge >= 0.3 is 6.09 Å². The maximum absolute atomic E-state index is 11.6. The second-order valence-corrected chi connectivity index (χ2v) is 6.32. The van der Waals surface area contributed by atoms with Crippen molar-refractivity contribution in [3.05, 3.63) is 33.3 Å². The molecular weight excluding hydrogens is 318 g/mol. The fourth-order valence-electron chi connectivity index (χ4n) is 1.41. The smallest absolute Gasteiger partial charge is 0.408 e. The van der Waals surface area contributed by atoms with Crippen LogP contribution in [0.25, 0.3) is 0 Å². The zero-order chi connectivity index (χ0) is 13.9. The van der Waals surface area contributed by atoms with Crippen LogP contribution in [0.4, 0.5) is 4.79 Å². The van der Waals surface area contributed by atoms with Crippen LogP contribution in [-0.4, -0.2) is 11.7 Å². The molecule has 0 fully saturated rings. The molecule has 0 unspecified atom stereocenters. The molecule has 0 saturated heterocycles. The monoisotopic (exact) mass is 333 g/mol. The van der Waals surface area contributed by atoms with Crippen molar-refractivity contribution in [2.75, 3.05) is 0 Å². The van der Waals surface area contributed by atoms with Crippen molar-refractivity contribution in [3.63, 3.8) is 0 Å². The summed E-state index contributed by atoms with van der Waals surface area (Å²) in [4.78, 5) is 11.6. The molecule has 0 aromatic heterocycles. The predicted octanol–water partition coefficient (Wildman–Crippen LogP) is 4.69. The van der Waals surface area contributed by atoms with Crippen molar-refractivity contribution in [1.29, 1.82) is 0 Å². The van der Waals surface area contributed by atoms with E-state index in [4.69, 9.17) is 16.3 Å². The van der Waals surface area contributed by atoms with E-state index in [1.807, 2.05) is 33.8 Å². The molecule has 0 saturated carbocycles. The number of carbonyl (C=O) groups excluding carboxylic acids is 1. The average Bonchev–Trinajstić information content (AvgIpc) is 2.13. The van der Waals surface area contributed by atoms with Gasteiger partial charge in [0.2, 0.25) is 0 Å². The molecule has 1 amide bonds. The summed E-state index contributed by atoms with van der Waals surface area (Å²) in [6, 6.07) is 5.29. The summed E-state index contributed by atoms with van der Waals surface area (Å²) in [5.74, 6) is 0. The van der Waals surface area contributed by atoms with Crippen LogP contribution in [0.15, 0.2) is 22.7 Å². The molecule has 1 atom stereocenters. The van der Waals surface area contributed by atoms with E-state index in [2.05, 4.69) is 21.2 Å². The Kier molecular flexibility index (Phi) is 5.05. The molecule has 0 aliphatic carbocycles. The Labute approximate surface area is 121 Å². The van der Waals surface area contributed by atoms with E-state index in [-0.39, 0.29) is 6.04 Å². The van der Waals surface area contributed by atoms with Crippen LogP contribution in [-0.2, 0) is 4.74 Å². The number of hydrogen-bond acceptors (Lipinski definition) is 2. The van der Waals surface area contributed by atoms with Gasteiger partial charge in [-0.2, -0.15) is 0 Å². The zero-order valence-corrected chi connectivity index (χ0v) is 13.2. The summed E-state index contributed by atoms with van der Waals surface area (Å²) < 4.78 is 6.06. The molecule has 1 rings (SSSR count). The SMILES string of the molecule is C[C@H](NC(=O)OC(C)(C)C)c1ccc(Cl)cc1Br. The van der Waals surface area contributed by atoms with Gasteiger partial charge in [-0.1, -0.05) is 33.6 Å². The molecule has 1 aromatic carbocycles. The molecule has 1 N–H and O–H groups in total. The Morgan fingerprint density at radius 3 is 2.56 bits per heavy atom. The first-order chi connectivity index (χ1) is 8.19. The number of hydrogen-bond donors (Lipinski definition) is 1. The number of amides is 1. The quantitative estimate of drug-likeness (QED) is 0.852. The topological polar surface area (TPSA) is 38.3 Å². The largest absolute Gasteiger partial charge is 0.444 e. The van der Waals surface area contributed by atoms with E-state index < -0.39 is 11.7 Å². The van der Waals surface area contributed by atoms with Crippen LogP contribution < -0.4 is 5.32 Å². The van der Waals surface area contributed by atoms with Crippen molar-refractivity contribution in [2.45, 2.75) is 39.3 Å². The summed E-state index contributed by atoms with van der Waals surface area (Å²) in [6.45, 7) is 7.37. The Morgan fingerprint density at radius 2 is 2.06 bits per heavy atom. The van der Waals surface area contributed by atoms with Crippen molar-refractivity contribution in [3.8, 4) is 0 Å². The molecule has 0 bridgehead atoms. The van der Waals surface area contributed by atoms with E-state index in [9.17, 15) is 4.79 Å². The van der Waals surface area contributed by atoms with Crippen LogP contribution in [0.5, 0.6) is 0 Å². The predicted molar refractivity (Wildman–Crippen MR) is 76.9 cm³/mol. The molecule has 0 radical (unpaired) electrons. The van der Waals surface area contributed by atoms with Gasteiger partial charge in [-0.25, -0.2) is 4.79 Å². The standard InChI is InChI=1S/C13H17BrClNO2/c1-8(16-12(17)18-13(2,3)4)10-6-5-9(15)7-11(10)14/h5-8H,1-4H3,(H,16,17)/t8-/m0/s1. The molecular formula is C13H17BrClNO2. The highest BCUT2D eigenvalue weighted by Crippen LogP contribution is 2.26. The summed E-state index contributed by atoms with van der Waals surface area (Å²) >= 11 is 9.29. The molecule has 0 heterocycles. The lowest BCUT2D eigenvalue weighted by molar-refractivity contribution is 0.0508. The summed E-state index contributed by atoms with van der Waals surface area (Å²) in [7, 11) is 0. The summed E-state index contributed by atoms with van der Waals surface area (Å²) in [5.41, 5.74) is 0.450. The van der Waals surface area contributed by atoms with Gasteiger partial charge in [-0.15, -0.1) is 0 Å². The number of nitrogens with one attached hydrogen (secondary N) is 1. The fourth-order valence-corrected chi connectivity index (χ4v) is 2.44. The van der Waals surface area contributed by atoms with Crippen LogP contribution in [0, 0.1) is 0 Å². The number of rotatable bonds is 2. The number of alkyl carbamates (subject to hydrolysis) is 1. The van der Waals surface area contributed by atoms with E-state index in [1.54, 1.807) is 12.1 Å². The van der Waals surface area contributed by atoms with Crippen molar-refractivity contribution >= 4 is 33.6 Å². The van der Waals surface area contributed by atoms with Crippen molar-refractivity contribution in [1.82, 2.24) is 5.32 Å². The third kappa shape index (κ3) is 4.86. The lowest BCUT2D eigenvalue weighted by Crippen LogP contribution is -2.34. The van der Waals surface area contributed by atoms with Gasteiger partial charge in [0.05, 0.1) is 6.04 Å². The minimum atomic E-state index is -0.499. The van der Waals surface area contributed by atoms with Gasteiger partial charge in [-0.3, -0.25) is 0 Å². The summed E-state index contributed by atoms with van der Waals surface area (Å²) in [5, 5.41) is 3.43. The number of carbonyl (C=O) groups is 1. The van der Waals surface area contributed by atoms with Gasteiger partial charge in [0.15, 0.2) is 0 Å². The Morgan fingerprint density at radius 1 is 1.44 bits per heavy atom. The van der Waals surface area contributed by atoms with Crippen molar-refractivity contribution in [2.24, 2.45) is 0 Å². The molecule has 1 aromatic rings. The van der Waals surface area contributed by atoms with Gasteiger partial charge in [0.25, 0.3) is 0 Å². The van der Waals surface area contributed by atoms with Crippen LogP contribution >= 0.6 is 27.5 Å². The van der Waals surface area contributed by atoms with E-state index >= 15 is 0 Å². The second-order valence-electron chi connectivity index (χ2n) is 5.03. The first kappa shape index (κ1) is 15.3. The number of benzene rings is 1. The summed E-state index contributed by atoms with van der Waals surface area (Å²) in [6.07, 6.45) is -0.433. The highest BCUT2D eigenvalue weighted by molar-refractivity contribution is 9.10. The Hall–Kier alpha value is -0.740. The number of halogens is 2. The normalized spacial score (nSPS) is 13.0. The first-order valence-electron chi connectivity index (χ1n) is 5.63. The van der Waals surface area contributed by atoms with E-state index in [0.29, 0.717) is 5.02 Å². The van der Waals surface area contributed by atoms with Gasteiger partial charge in [-0.05, 0) is 45.4 Å². The lowest BCUT2D eigenvalue weighted by atomic mass is 10.1. The van der Waals surface area contributed by atoms with Gasteiger partial charge in [0.1, 0.15) is 5.60 Å². The fraction of sp³-hybridized carbons (Fsp3) is 0.462. The second kappa shape index (κ2) is 5.93. The lowest BCUT2D eigenvalue weighted by Gasteiger charge is -2.22. The van der Waals surface area contributed by atoms with E-state index in [0.717, 1.165) is 10.0 Å². The van der Waals surface area contributed by atoms with E-state index in [1.165, 1.54) is 0 Å². The number of ether oxygens (including phenoxy) is 1. The van der Waals surface area contributed by atoms with Crippen molar-refractivity contribution < 1.29 is 9.53 Å². The molecule has 5 heteroatoms. The van der Waals surface area contributed by atoms with Crippen LogP contribution in [0.3, 0.4) is 0 Å². The van der Waals surface area contributed by atoms with Crippen LogP contribution in [0.2, 0.25) is 5.02 Å². The van der Waals surface area contributed by atoms with Gasteiger partial charge < -0.3 is 10.1 Å². The minimum absolute atomic E-state index is 0.161. The average molecular weight is 335 g/mol. The van der Waals surface area contributed by atoms with Gasteiger partial charge in [0, 0.05) is 9.50 Å². The Balaban J connectivity index is 2.71. The molecule has 0 aliphatic heterocycles. The third-order valence-corrected chi connectivity index (χ3v) is 3.08. The molecule has 100 valence electrons.